The van der Waals surface area contributed by atoms with Crippen LogP contribution in [0.4, 0.5) is 0 Å². The topological polar surface area (TPSA) is 53.2 Å². The second-order valence-electron chi connectivity index (χ2n) is 4.54. The van der Waals surface area contributed by atoms with Crippen molar-refractivity contribution in [2.75, 3.05) is 13.2 Å². The third-order valence-electron chi connectivity index (χ3n) is 3.88. The summed E-state index contributed by atoms with van der Waals surface area (Å²) in [6.45, 7) is 1.24. The van der Waals surface area contributed by atoms with Gasteiger partial charge in [0.15, 0.2) is 0 Å². The van der Waals surface area contributed by atoms with Crippen LogP contribution in [-0.2, 0) is 4.74 Å². The molecule has 0 unspecified atom stereocenters. The maximum Gasteiger partial charge on any atom is 0.0903 e. The first-order valence-electron chi connectivity index (χ1n) is 5.44. The average molecular weight is 195 g/mol. The molecule has 0 atom stereocenters. The summed E-state index contributed by atoms with van der Waals surface area (Å²) in [4.78, 5) is 0. The van der Waals surface area contributed by atoms with E-state index in [1.165, 1.54) is 0 Å². The Morgan fingerprint density at radius 3 is 2.14 bits per heavy atom. The predicted octanol–water partition coefficient (Wildman–Crippen LogP) is 1.61. The van der Waals surface area contributed by atoms with Crippen LogP contribution in [-0.4, -0.2) is 23.9 Å². The Labute approximate surface area is 84.7 Å². The number of nitriles is 1. The number of hydrogen-bond donors (Lipinski definition) is 1. The quantitative estimate of drug-likeness (QED) is 0.691. The van der Waals surface area contributed by atoms with E-state index in [9.17, 15) is 10.4 Å². The Hall–Kier alpha value is -0.590. The first kappa shape index (κ1) is 9.95. The largest absolute Gasteiger partial charge is 0.388 e. The minimum absolute atomic E-state index is 0.526. The van der Waals surface area contributed by atoms with Gasteiger partial charge in [0, 0.05) is 13.2 Å². The maximum atomic E-state index is 10.5. The van der Waals surface area contributed by atoms with Gasteiger partial charge in [-0.2, -0.15) is 5.26 Å². The third kappa shape index (κ3) is 1.34. The van der Waals surface area contributed by atoms with E-state index in [0.29, 0.717) is 26.1 Å². The molecule has 0 radical (unpaired) electrons. The van der Waals surface area contributed by atoms with Gasteiger partial charge in [-0.15, -0.1) is 0 Å². The molecule has 0 aromatic carbocycles. The summed E-state index contributed by atoms with van der Waals surface area (Å²) in [7, 11) is 0. The third-order valence-corrected chi connectivity index (χ3v) is 3.88. The van der Waals surface area contributed by atoms with E-state index in [-0.39, 0.29) is 0 Å². The normalized spacial score (nSPS) is 29.7. The fourth-order valence-electron chi connectivity index (χ4n) is 2.84. The van der Waals surface area contributed by atoms with Gasteiger partial charge in [0.25, 0.3) is 0 Å². The van der Waals surface area contributed by atoms with Gasteiger partial charge < -0.3 is 9.84 Å². The zero-order chi connectivity index (χ0) is 10.1. The Morgan fingerprint density at radius 1 is 1.07 bits per heavy atom. The maximum absolute atomic E-state index is 10.5. The molecule has 78 valence electrons. The summed E-state index contributed by atoms with van der Waals surface area (Å²) in [5.74, 6) is 0. The van der Waals surface area contributed by atoms with E-state index < -0.39 is 11.0 Å². The Kier molecular flexibility index (Phi) is 2.50. The lowest BCUT2D eigenvalue weighted by molar-refractivity contribution is -0.0991. The van der Waals surface area contributed by atoms with Crippen molar-refractivity contribution in [3.8, 4) is 6.07 Å². The van der Waals surface area contributed by atoms with Crippen molar-refractivity contribution in [1.82, 2.24) is 0 Å². The standard InChI is InChI=1S/C11H17NO2/c12-9-10(5-7-14-8-6-10)11(13)3-1-2-4-11/h13H,1-8H2. The van der Waals surface area contributed by atoms with Crippen LogP contribution in [0.25, 0.3) is 0 Å². The summed E-state index contributed by atoms with van der Waals surface area (Å²) in [6, 6.07) is 2.37. The minimum Gasteiger partial charge on any atom is -0.388 e. The average Bonchev–Trinajstić information content (AvgIpc) is 2.68. The molecule has 1 heterocycles. The molecule has 3 nitrogen and oxygen atoms in total. The van der Waals surface area contributed by atoms with Crippen LogP contribution >= 0.6 is 0 Å². The molecule has 0 aromatic rings. The van der Waals surface area contributed by atoms with E-state index in [4.69, 9.17) is 4.74 Å². The molecule has 1 saturated carbocycles. The predicted molar refractivity (Wildman–Crippen MR) is 51.5 cm³/mol. The van der Waals surface area contributed by atoms with Gasteiger partial charge in [0.05, 0.1) is 17.1 Å². The molecular weight excluding hydrogens is 178 g/mol. The van der Waals surface area contributed by atoms with Gasteiger partial charge in [-0.25, -0.2) is 0 Å². The van der Waals surface area contributed by atoms with Crippen LogP contribution in [0, 0.1) is 16.7 Å². The van der Waals surface area contributed by atoms with Crippen molar-refractivity contribution in [3.05, 3.63) is 0 Å². The molecule has 2 fully saturated rings. The molecule has 2 rings (SSSR count). The zero-order valence-corrected chi connectivity index (χ0v) is 8.46. The number of rotatable bonds is 1. The van der Waals surface area contributed by atoms with Crippen molar-refractivity contribution in [2.24, 2.45) is 5.41 Å². The summed E-state index contributed by atoms with van der Waals surface area (Å²) in [5.41, 5.74) is -1.26. The smallest absolute Gasteiger partial charge is 0.0903 e. The summed E-state index contributed by atoms with van der Waals surface area (Å²) in [6.07, 6.45) is 5.09. The van der Waals surface area contributed by atoms with Crippen molar-refractivity contribution < 1.29 is 9.84 Å². The second kappa shape index (κ2) is 3.52. The van der Waals surface area contributed by atoms with Gasteiger partial charge >= 0.3 is 0 Å². The lowest BCUT2D eigenvalue weighted by atomic mass is 9.67. The van der Waals surface area contributed by atoms with E-state index in [1.54, 1.807) is 0 Å². The van der Waals surface area contributed by atoms with Crippen LogP contribution in [0.3, 0.4) is 0 Å². The molecule has 2 aliphatic rings. The number of ether oxygens (including phenoxy) is 1. The molecule has 1 aliphatic carbocycles. The fraction of sp³-hybridized carbons (Fsp3) is 0.909. The fourth-order valence-corrected chi connectivity index (χ4v) is 2.84. The molecule has 3 heteroatoms. The Balaban J connectivity index is 2.22. The first-order chi connectivity index (χ1) is 6.72. The van der Waals surface area contributed by atoms with Gasteiger partial charge in [0.1, 0.15) is 0 Å². The molecule has 0 aromatic heterocycles. The van der Waals surface area contributed by atoms with Gasteiger partial charge in [-0.3, -0.25) is 0 Å². The van der Waals surface area contributed by atoms with Crippen molar-refractivity contribution in [3.63, 3.8) is 0 Å². The van der Waals surface area contributed by atoms with Crippen LogP contribution in [0.15, 0.2) is 0 Å². The van der Waals surface area contributed by atoms with Crippen molar-refractivity contribution in [1.29, 1.82) is 5.26 Å². The molecule has 0 bridgehead atoms. The summed E-state index contributed by atoms with van der Waals surface area (Å²) < 4.78 is 5.27. The highest BCUT2D eigenvalue weighted by Crippen LogP contribution is 2.49. The molecule has 1 N–H and O–H groups in total. The summed E-state index contributed by atoms with van der Waals surface area (Å²) >= 11 is 0. The highest BCUT2D eigenvalue weighted by molar-refractivity contribution is 5.13. The van der Waals surface area contributed by atoms with E-state index in [0.717, 1.165) is 25.7 Å². The van der Waals surface area contributed by atoms with Crippen LogP contribution < -0.4 is 0 Å². The van der Waals surface area contributed by atoms with Crippen molar-refractivity contribution >= 4 is 0 Å². The molecule has 0 amide bonds. The van der Waals surface area contributed by atoms with Gasteiger partial charge in [0.2, 0.25) is 0 Å². The van der Waals surface area contributed by atoms with Crippen LogP contribution in [0.1, 0.15) is 38.5 Å². The zero-order valence-electron chi connectivity index (χ0n) is 8.46. The Morgan fingerprint density at radius 2 is 1.64 bits per heavy atom. The highest BCUT2D eigenvalue weighted by Gasteiger charge is 2.52. The van der Waals surface area contributed by atoms with E-state index in [2.05, 4.69) is 6.07 Å². The number of nitrogens with zero attached hydrogens (tertiary/aromatic N) is 1. The van der Waals surface area contributed by atoms with E-state index >= 15 is 0 Å². The van der Waals surface area contributed by atoms with Gasteiger partial charge in [-0.1, -0.05) is 12.8 Å². The second-order valence-corrected chi connectivity index (χ2v) is 4.54. The molecule has 1 aliphatic heterocycles. The van der Waals surface area contributed by atoms with Crippen LogP contribution in [0.2, 0.25) is 0 Å². The number of aliphatic hydroxyl groups is 1. The lowest BCUT2D eigenvalue weighted by Crippen LogP contribution is -2.48. The monoisotopic (exact) mass is 195 g/mol. The molecule has 14 heavy (non-hydrogen) atoms. The minimum atomic E-state index is -0.731. The first-order valence-corrected chi connectivity index (χ1v) is 5.44. The van der Waals surface area contributed by atoms with Crippen LogP contribution in [0.5, 0.6) is 0 Å². The van der Waals surface area contributed by atoms with Gasteiger partial charge in [-0.05, 0) is 25.7 Å². The highest BCUT2D eigenvalue weighted by atomic mass is 16.5. The SMILES string of the molecule is N#CC1(C2(O)CCCC2)CCOCC1. The summed E-state index contributed by atoms with van der Waals surface area (Å²) in [5, 5.41) is 19.8. The Bertz CT molecular complexity index is 245. The van der Waals surface area contributed by atoms with Crippen molar-refractivity contribution in [2.45, 2.75) is 44.1 Å². The molecule has 1 saturated heterocycles. The molecular formula is C11H17NO2. The number of hydrogen-bond acceptors (Lipinski definition) is 3. The molecule has 0 spiro atoms. The van der Waals surface area contributed by atoms with E-state index in [1.807, 2.05) is 0 Å². The lowest BCUT2D eigenvalue weighted by Gasteiger charge is -2.42.